The molecule has 6 aliphatic rings. The molecule has 0 N–H and O–H groups in total. The van der Waals surface area contributed by atoms with Crippen LogP contribution in [0.4, 0.5) is 0 Å². The summed E-state index contributed by atoms with van der Waals surface area (Å²) in [5.41, 5.74) is 0. The molecule has 0 radical (unpaired) electrons. The van der Waals surface area contributed by atoms with Crippen LogP contribution in [0.25, 0.3) is 0 Å². The first-order valence-corrected chi connectivity index (χ1v) is 8.29. The highest BCUT2D eigenvalue weighted by Gasteiger charge is 3.05. The predicted molar refractivity (Wildman–Crippen MR) is 71.3 cm³/mol. The molecule has 5 saturated carbocycles. The van der Waals surface area contributed by atoms with E-state index in [1.165, 1.54) is 0 Å². The van der Waals surface area contributed by atoms with Crippen molar-refractivity contribution in [2.45, 2.75) is 31.2 Å². The lowest BCUT2D eigenvalue weighted by Gasteiger charge is -2.49. The first-order chi connectivity index (χ1) is 8.75. The third-order valence-corrected chi connectivity index (χ3v) is 10.8. The molecule has 5 aliphatic carbocycles. The van der Waals surface area contributed by atoms with E-state index in [-0.39, 0.29) is 47.6 Å². The van der Waals surface area contributed by atoms with E-state index in [2.05, 4.69) is 0 Å². The smallest absolute Gasteiger partial charge is 0.180 e. The van der Waals surface area contributed by atoms with Crippen LogP contribution in [-0.4, -0.2) is 36.9 Å². The number of hydrogen-bond donors (Lipinski definition) is 0. The van der Waals surface area contributed by atoms with Crippen LogP contribution >= 0.6 is 58.0 Å². The minimum absolute atomic E-state index is 0.00406. The summed E-state index contributed by atoms with van der Waals surface area (Å²) in [6.07, 6.45) is 0.369. The first kappa shape index (κ1) is 11.6. The van der Waals surface area contributed by atoms with Crippen molar-refractivity contribution in [3.05, 3.63) is 0 Å². The monoisotopic (exact) mass is 358 g/mol. The predicted octanol–water partition coefficient (Wildman–Crippen LogP) is 2.58. The molecule has 102 valence electrons. The highest BCUT2D eigenvalue weighted by Crippen LogP contribution is 2.93. The Morgan fingerprint density at radius 2 is 1.42 bits per heavy atom. The molecule has 1 heterocycles. The van der Waals surface area contributed by atoms with E-state index in [0.717, 1.165) is 0 Å². The van der Waals surface area contributed by atoms with Crippen molar-refractivity contribution in [3.63, 3.8) is 0 Å². The van der Waals surface area contributed by atoms with Gasteiger partial charge in [-0.15, -0.1) is 34.8 Å². The Balaban J connectivity index is 1.78. The molecule has 6 rings (SSSR count). The van der Waals surface area contributed by atoms with Gasteiger partial charge in [0, 0.05) is 0 Å². The molecule has 0 aromatic rings. The molecule has 7 heteroatoms. The molecule has 10 atom stereocenters. The largest absolute Gasteiger partial charge is 0.369 e. The molecule has 6 bridgehead atoms. The lowest BCUT2D eigenvalue weighted by Crippen LogP contribution is -2.64. The lowest BCUT2D eigenvalue weighted by molar-refractivity contribution is -0.130. The fourth-order valence-corrected chi connectivity index (χ4v) is 9.68. The fraction of sp³-hybridized carbons (Fsp3) is 0.917. The highest BCUT2D eigenvalue weighted by atomic mass is 35.5. The van der Waals surface area contributed by atoms with Gasteiger partial charge in [-0.1, -0.05) is 23.2 Å². The number of Topliss-reactive ketones (excluding diaryl/α,β-unsaturated/α-hetero) is 1. The van der Waals surface area contributed by atoms with Crippen molar-refractivity contribution in [2.24, 2.45) is 29.6 Å². The third-order valence-electron chi connectivity index (χ3n) is 6.85. The van der Waals surface area contributed by atoms with Crippen LogP contribution < -0.4 is 0 Å². The Morgan fingerprint density at radius 3 is 2.05 bits per heavy atom. The van der Waals surface area contributed by atoms with E-state index in [4.69, 9.17) is 62.7 Å². The van der Waals surface area contributed by atoms with Crippen LogP contribution in [0.1, 0.15) is 0 Å². The van der Waals surface area contributed by atoms with Crippen LogP contribution in [0.2, 0.25) is 0 Å². The summed E-state index contributed by atoms with van der Waals surface area (Å²) < 4.78 is 4.20. The van der Waals surface area contributed by atoms with Gasteiger partial charge in [0.05, 0.1) is 12.2 Å². The molecular weight excluding hydrogens is 353 g/mol. The van der Waals surface area contributed by atoms with E-state index >= 15 is 0 Å². The number of carbonyl (C=O) groups is 1. The first-order valence-electron chi connectivity index (χ1n) is 6.40. The van der Waals surface area contributed by atoms with Crippen molar-refractivity contribution < 1.29 is 9.53 Å². The summed E-state index contributed by atoms with van der Waals surface area (Å²) in [5, 5.41) is 0. The molecule has 1 aliphatic heterocycles. The lowest BCUT2D eigenvalue weighted by atomic mass is 9.62. The van der Waals surface area contributed by atoms with E-state index in [0.29, 0.717) is 0 Å². The molecule has 0 aromatic heterocycles. The van der Waals surface area contributed by atoms with E-state index in [9.17, 15) is 4.79 Å². The van der Waals surface area contributed by atoms with Crippen molar-refractivity contribution in [2.75, 3.05) is 0 Å². The molecular formula is C12H7Cl5O2. The quantitative estimate of drug-likeness (QED) is 0.491. The maximum Gasteiger partial charge on any atom is 0.180 e. The number of rotatable bonds is 0. The van der Waals surface area contributed by atoms with Crippen molar-refractivity contribution in [1.29, 1.82) is 0 Å². The number of ketones is 1. The zero-order chi connectivity index (χ0) is 13.3. The molecule has 1 saturated heterocycles. The van der Waals surface area contributed by atoms with E-state index < -0.39 is 19.0 Å². The van der Waals surface area contributed by atoms with Crippen LogP contribution in [0, 0.1) is 29.6 Å². The second kappa shape index (κ2) is 2.49. The van der Waals surface area contributed by atoms with Gasteiger partial charge in [-0.05, 0) is 29.6 Å². The van der Waals surface area contributed by atoms with Crippen LogP contribution in [0.15, 0.2) is 0 Å². The number of ether oxygens (including phenoxy) is 1. The third kappa shape index (κ3) is 0.656. The van der Waals surface area contributed by atoms with E-state index in [1.807, 2.05) is 0 Å². The van der Waals surface area contributed by atoms with Gasteiger partial charge in [0.25, 0.3) is 0 Å². The van der Waals surface area contributed by atoms with Gasteiger partial charge in [0.2, 0.25) is 0 Å². The molecule has 6 fully saturated rings. The molecule has 19 heavy (non-hydrogen) atoms. The number of carbonyl (C=O) groups excluding carboxylic acids is 1. The summed E-state index contributed by atoms with van der Waals surface area (Å²) in [5.74, 6) is 0.0702. The SMILES string of the molecule is O=C1C2(Cl)C3C4[C@@H]5O[C@@H]5[C@H]5[C@@H]3[C@@](Cl)(C2(Cl)Cl)[C@]1(Cl)[C@@H]45. The average Bonchev–Trinajstić information content (AvgIpc) is 2.89. The topological polar surface area (TPSA) is 29.6 Å². The maximum atomic E-state index is 12.8. The Morgan fingerprint density at radius 1 is 0.842 bits per heavy atom. The Kier molecular flexibility index (Phi) is 1.52. The number of halogens is 5. The second-order valence-electron chi connectivity index (χ2n) is 6.84. The summed E-state index contributed by atoms with van der Waals surface area (Å²) >= 11 is 33.3. The van der Waals surface area contributed by atoms with Gasteiger partial charge in [-0.2, -0.15) is 0 Å². The maximum absolute atomic E-state index is 12.8. The molecule has 0 amide bonds. The van der Waals surface area contributed by atoms with E-state index in [1.54, 1.807) is 0 Å². The summed E-state index contributed by atoms with van der Waals surface area (Å²) in [6.45, 7) is 0. The van der Waals surface area contributed by atoms with Crippen molar-refractivity contribution in [3.8, 4) is 0 Å². The molecule has 2 nitrogen and oxygen atoms in total. The zero-order valence-electron chi connectivity index (χ0n) is 9.25. The van der Waals surface area contributed by atoms with Crippen LogP contribution in [0.3, 0.4) is 0 Å². The van der Waals surface area contributed by atoms with Gasteiger partial charge in [-0.25, -0.2) is 0 Å². The number of epoxide rings is 1. The molecule has 0 spiro atoms. The summed E-state index contributed by atoms with van der Waals surface area (Å²) in [6, 6.07) is 0. The van der Waals surface area contributed by atoms with Gasteiger partial charge < -0.3 is 4.74 Å². The van der Waals surface area contributed by atoms with Gasteiger partial charge in [-0.3, -0.25) is 4.79 Å². The Labute approximate surface area is 134 Å². The molecule has 3 unspecified atom stereocenters. The van der Waals surface area contributed by atoms with Crippen LogP contribution in [0.5, 0.6) is 0 Å². The van der Waals surface area contributed by atoms with Crippen molar-refractivity contribution >= 4 is 63.8 Å². The minimum atomic E-state index is -1.50. The van der Waals surface area contributed by atoms with Gasteiger partial charge in [0.15, 0.2) is 10.1 Å². The fourth-order valence-electron chi connectivity index (χ4n) is 6.58. The van der Waals surface area contributed by atoms with Gasteiger partial charge in [0.1, 0.15) is 14.6 Å². The Hall–Kier alpha value is 1.08. The summed E-state index contributed by atoms with van der Waals surface area (Å²) in [4.78, 5) is 9.09. The molecule has 0 aromatic carbocycles. The second-order valence-corrected chi connectivity index (χ2v) is 9.95. The van der Waals surface area contributed by atoms with Gasteiger partial charge >= 0.3 is 0 Å². The standard InChI is InChI=1S/C12H7Cl5O2/c13-9-3-1-4-5(2(3)7-6(1)19-7)11(9,15)12(16,17)10(4,14)8(9)18/h1-7H/t1?,2-,3+,4?,5+,6+,7-,9+,10?,11+/m1/s1. The average molecular weight is 360 g/mol. The number of fused-ring (bicyclic) bond motifs is 5. The zero-order valence-corrected chi connectivity index (χ0v) is 13.0. The van der Waals surface area contributed by atoms with Crippen LogP contribution in [-0.2, 0) is 9.53 Å². The normalized spacial score (nSPS) is 79.2. The Bertz CT molecular complexity index is 599. The summed E-state index contributed by atoms with van der Waals surface area (Å²) in [7, 11) is 0. The number of alkyl halides is 5. The van der Waals surface area contributed by atoms with Crippen molar-refractivity contribution in [1.82, 2.24) is 0 Å². The highest BCUT2D eigenvalue weighted by molar-refractivity contribution is 6.69. The minimum Gasteiger partial charge on any atom is -0.369 e. The number of hydrogen-bond acceptors (Lipinski definition) is 2.